The van der Waals surface area contributed by atoms with Gasteiger partial charge in [0.1, 0.15) is 0 Å². The molecule has 0 aromatic carbocycles. The molecule has 1 saturated carbocycles. The number of hydrogen-bond acceptors (Lipinski definition) is 1. The predicted octanol–water partition coefficient (Wildman–Crippen LogP) is 2.44. The molecule has 1 aliphatic carbocycles. The van der Waals surface area contributed by atoms with Gasteiger partial charge in [0.2, 0.25) is 0 Å². The molecule has 0 atom stereocenters. The van der Waals surface area contributed by atoms with Gasteiger partial charge in [-0.2, -0.15) is 0 Å². The Morgan fingerprint density at radius 2 is 2.18 bits per heavy atom. The minimum Gasteiger partial charge on any atom is -0.260 e. The number of aromatic nitrogens is 1. The topological polar surface area (TPSA) is 12.9 Å². The van der Waals surface area contributed by atoms with Gasteiger partial charge in [-0.15, -0.1) is 0 Å². The maximum Gasteiger partial charge on any atom is 0.0491 e. The molecule has 1 aromatic heterocycles. The van der Waals surface area contributed by atoms with Crippen LogP contribution in [0.3, 0.4) is 0 Å². The fraction of sp³-hybridized carbons (Fsp3) is 0.500. The van der Waals surface area contributed by atoms with Crippen molar-refractivity contribution in [2.75, 3.05) is 0 Å². The monoisotopic (exact) mass is 147 g/mol. The Morgan fingerprint density at radius 3 is 2.73 bits per heavy atom. The SMILES string of the molecule is Cc1cccnc1C1(C)CC1. The first-order valence-corrected chi connectivity index (χ1v) is 4.14. The summed E-state index contributed by atoms with van der Waals surface area (Å²) in [7, 11) is 0. The van der Waals surface area contributed by atoms with E-state index < -0.39 is 0 Å². The standard InChI is InChI=1S/C10H13N/c1-8-4-3-7-11-9(8)10(2)5-6-10/h3-4,7H,5-6H2,1-2H3. The van der Waals surface area contributed by atoms with Gasteiger partial charge in [0.25, 0.3) is 0 Å². The van der Waals surface area contributed by atoms with E-state index in [0.29, 0.717) is 5.41 Å². The fourth-order valence-electron chi connectivity index (χ4n) is 1.54. The first-order chi connectivity index (χ1) is 5.22. The predicted molar refractivity (Wildman–Crippen MR) is 45.6 cm³/mol. The van der Waals surface area contributed by atoms with Crippen molar-refractivity contribution in [3.05, 3.63) is 29.6 Å². The Hall–Kier alpha value is -0.850. The summed E-state index contributed by atoms with van der Waals surface area (Å²) in [5, 5.41) is 0. The average molecular weight is 147 g/mol. The van der Waals surface area contributed by atoms with Gasteiger partial charge in [-0.3, -0.25) is 4.98 Å². The highest BCUT2D eigenvalue weighted by Gasteiger charge is 2.41. The van der Waals surface area contributed by atoms with Crippen LogP contribution in [-0.2, 0) is 5.41 Å². The zero-order chi connectivity index (χ0) is 7.90. The Kier molecular flexibility index (Phi) is 1.28. The van der Waals surface area contributed by atoms with Gasteiger partial charge in [0.05, 0.1) is 0 Å². The van der Waals surface area contributed by atoms with Crippen LogP contribution in [0.4, 0.5) is 0 Å². The van der Waals surface area contributed by atoms with Crippen LogP contribution in [-0.4, -0.2) is 4.98 Å². The molecule has 58 valence electrons. The van der Waals surface area contributed by atoms with Crippen molar-refractivity contribution in [1.29, 1.82) is 0 Å². The first-order valence-electron chi connectivity index (χ1n) is 4.14. The van der Waals surface area contributed by atoms with Crippen LogP contribution in [0.15, 0.2) is 18.3 Å². The lowest BCUT2D eigenvalue weighted by molar-refractivity contribution is 0.741. The second-order valence-corrected chi connectivity index (χ2v) is 3.73. The van der Waals surface area contributed by atoms with Crippen LogP contribution < -0.4 is 0 Å². The van der Waals surface area contributed by atoms with E-state index in [0.717, 1.165) is 0 Å². The normalized spacial score (nSPS) is 19.8. The van der Waals surface area contributed by atoms with Gasteiger partial charge in [-0.05, 0) is 31.4 Å². The summed E-state index contributed by atoms with van der Waals surface area (Å²) in [4.78, 5) is 4.41. The van der Waals surface area contributed by atoms with Crippen molar-refractivity contribution in [2.45, 2.75) is 32.1 Å². The molecule has 2 rings (SSSR count). The van der Waals surface area contributed by atoms with E-state index in [-0.39, 0.29) is 0 Å². The third-order valence-electron chi connectivity index (χ3n) is 2.58. The third-order valence-corrected chi connectivity index (χ3v) is 2.58. The lowest BCUT2D eigenvalue weighted by atomic mass is 10.0. The van der Waals surface area contributed by atoms with Crippen molar-refractivity contribution in [2.24, 2.45) is 0 Å². The van der Waals surface area contributed by atoms with Gasteiger partial charge in [-0.1, -0.05) is 13.0 Å². The van der Waals surface area contributed by atoms with Gasteiger partial charge in [0.15, 0.2) is 0 Å². The number of aryl methyl sites for hydroxylation is 1. The summed E-state index contributed by atoms with van der Waals surface area (Å²) in [6.45, 7) is 4.44. The van der Waals surface area contributed by atoms with E-state index >= 15 is 0 Å². The average Bonchev–Trinajstić information content (AvgIpc) is 2.70. The van der Waals surface area contributed by atoms with Crippen LogP contribution >= 0.6 is 0 Å². The summed E-state index contributed by atoms with van der Waals surface area (Å²) in [5.74, 6) is 0. The summed E-state index contributed by atoms with van der Waals surface area (Å²) in [5.41, 5.74) is 3.07. The zero-order valence-electron chi connectivity index (χ0n) is 7.09. The Balaban J connectivity index is 2.45. The Morgan fingerprint density at radius 1 is 1.45 bits per heavy atom. The Bertz CT molecular complexity index is 274. The fourth-order valence-corrected chi connectivity index (χ4v) is 1.54. The number of pyridine rings is 1. The smallest absolute Gasteiger partial charge is 0.0491 e. The molecule has 1 heteroatoms. The van der Waals surface area contributed by atoms with E-state index in [9.17, 15) is 0 Å². The van der Waals surface area contributed by atoms with E-state index in [1.165, 1.54) is 24.1 Å². The quantitative estimate of drug-likeness (QED) is 0.594. The summed E-state index contributed by atoms with van der Waals surface area (Å²) >= 11 is 0. The van der Waals surface area contributed by atoms with Gasteiger partial charge in [-0.25, -0.2) is 0 Å². The summed E-state index contributed by atoms with van der Waals surface area (Å²) in [6, 6.07) is 4.15. The van der Waals surface area contributed by atoms with Crippen LogP contribution in [0.2, 0.25) is 0 Å². The molecule has 0 N–H and O–H groups in total. The lowest BCUT2D eigenvalue weighted by Crippen LogP contribution is -2.04. The highest BCUT2D eigenvalue weighted by Crippen LogP contribution is 2.47. The largest absolute Gasteiger partial charge is 0.260 e. The molecule has 11 heavy (non-hydrogen) atoms. The highest BCUT2D eigenvalue weighted by molar-refractivity contribution is 5.30. The molecule has 1 fully saturated rings. The van der Waals surface area contributed by atoms with Crippen LogP contribution in [0.25, 0.3) is 0 Å². The molecule has 1 nitrogen and oxygen atoms in total. The van der Waals surface area contributed by atoms with E-state index in [2.05, 4.69) is 24.9 Å². The van der Waals surface area contributed by atoms with Crippen molar-refractivity contribution in [1.82, 2.24) is 4.98 Å². The molecule has 1 heterocycles. The maximum absolute atomic E-state index is 4.41. The van der Waals surface area contributed by atoms with E-state index in [4.69, 9.17) is 0 Å². The minimum atomic E-state index is 0.422. The maximum atomic E-state index is 4.41. The molecule has 0 unspecified atom stereocenters. The number of hydrogen-bond donors (Lipinski definition) is 0. The molecule has 0 spiro atoms. The van der Waals surface area contributed by atoms with Crippen molar-refractivity contribution in [3.63, 3.8) is 0 Å². The van der Waals surface area contributed by atoms with Crippen molar-refractivity contribution < 1.29 is 0 Å². The molecule has 0 radical (unpaired) electrons. The third kappa shape index (κ3) is 1.05. The van der Waals surface area contributed by atoms with Crippen LogP contribution in [0, 0.1) is 6.92 Å². The van der Waals surface area contributed by atoms with Crippen LogP contribution in [0.1, 0.15) is 31.0 Å². The molecule has 0 saturated heterocycles. The second kappa shape index (κ2) is 2.07. The molecular formula is C10H13N. The highest BCUT2D eigenvalue weighted by atomic mass is 14.7. The minimum absolute atomic E-state index is 0.422. The van der Waals surface area contributed by atoms with Crippen LogP contribution in [0.5, 0.6) is 0 Å². The second-order valence-electron chi connectivity index (χ2n) is 3.73. The number of nitrogens with zero attached hydrogens (tertiary/aromatic N) is 1. The summed E-state index contributed by atoms with van der Waals surface area (Å²) in [6.07, 6.45) is 4.52. The molecular weight excluding hydrogens is 134 g/mol. The van der Waals surface area contributed by atoms with Crippen molar-refractivity contribution >= 4 is 0 Å². The summed E-state index contributed by atoms with van der Waals surface area (Å²) < 4.78 is 0. The molecule has 0 aliphatic heterocycles. The van der Waals surface area contributed by atoms with E-state index in [1.807, 2.05) is 12.3 Å². The van der Waals surface area contributed by atoms with Gasteiger partial charge >= 0.3 is 0 Å². The Labute approximate surface area is 67.5 Å². The molecule has 1 aromatic rings. The van der Waals surface area contributed by atoms with Gasteiger partial charge < -0.3 is 0 Å². The van der Waals surface area contributed by atoms with Crippen molar-refractivity contribution in [3.8, 4) is 0 Å². The van der Waals surface area contributed by atoms with E-state index in [1.54, 1.807) is 0 Å². The lowest BCUT2D eigenvalue weighted by Gasteiger charge is -2.09. The van der Waals surface area contributed by atoms with Gasteiger partial charge in [0, 0.05) is 17.3 Å². The molecule has 0 bridgehead atoms. The number of rotatable bonds is 1. The molecule has 1 aliphatic rings. The zero-order valence-corrected chi connectivity index (χ0v) is 7.09. The molecule has 0 amide bonds. The first kappa shape index (κ1) is 6.84.